The lowest BCUT2D eigenvalue weighted by Gasteiger charge is -2.10. The molecule has 0 spiro atoms. The fourth-order valence-electron chi connectivity index (χ4n) is 1.38. The maximum absolute atomic E-state index is 12.8. The van der Waals surface area contributed by atoms with Crippen molar-refractivity contribution in [3.05, 3.63) is 0 Å². The van der Waals surface area contributed by atoms with Crippen molar-refractivity contribution in [2.45, 2.75) is 44.3 Å². The van der Waals surface area contributed by atoms with Gasteiger partial charge in [-0.3, -0.25) is 0 Å². The Morgan fingerprint density at radius 2 is 2.07 bits per heavy atom. The molecule has 0 aromatic carbocycles. The van der Waals surface area contributed by atoms with Crippen LogP contribution in [0.1, 0.15) is 19.8 Å². The molecule has 0 radical (unpaired) electrons. The van der Waals surface area contributed by atoms with Crippen LogP contribution in [0, 0.1) is 0 Å². The van der Waals surface area contributed by atoms with E-state index >= 15 is 0 Å². The average molecular weight is 224 g/mol. The Kier molecular flexibility index (Phi) is 5.42. The van der Waals surface area contributed by atoms with Gasteiger partial charge in [-0.1, -0.05) is 13.3 Å². The minimum Gasteiger partial charge on any atom is -0.393 e. The summed E-state index contributed by atoms with van der Waals surface area (Å²) in [4.78, 5) is 0. The number of aliphatic hydroxyl groups is 1. The van der Waals surface area contributed by atoms with E-state index in [1.807, 2.05) is 0 Å². The van der Waals surface area contributed by atoms with E-state index in [4.69, 9.17) is 14.6 Å². The highest BCUT2D eigenvalue weighted by molar-refractivity contribution is 4.84. The largest absolute Gasteiger partial charge is 0.393 e. The number of aliphatic hydroxyl groups excluding tert-OH is 1. The molecule has 5 heteroatoms. The first-order chi connectivity index (χ1) is 7.19. The van der Waals surface area contributed by atoms with Crippen LogP contribution in [-0.2, 0) is 9.47 Å². The summed E-state index contributed by atoms with van der Waals surface area (Å²) >= 11 is 0. The number of hydrogen-bond donors (Lipinski definition) is 1. The Balaban J connectivity index is 1.98. The summed E-state index contributed by atoms with van der Waals surface area (Å²) in [6, 6.07) is 0. The number of alkyl halides is 2. The molecule has 0 bridgehead atoms. The minimum absolute atomic E-state index is 0.0457. The molecular weight excluding hydrogens is 206 g/mol. The van der Waals surface area contributed by atoms with Crippen molar-refractivity contribution in [2.24, 2.45) is 0 Å². The van der Waals surface area contributed by atoms with E-state index in [0.717, 1.165) is 12.8 Å². The molecule has 1 aliphatic heterocycles. The first kappa shape index (κ1) is 12.8. The highest BCUT2D eigenvalue weighted by Gasteiger charge is 2.37. The van der Waals surface area contributed by atoms with Gasteiger partial charge in [0.25, 0.3) is 0 Å². The highest BCUT2D eigenvalue weighted by Crippen LogP contribution is 2.26. The van der Waals surface area contributed by atoms with Gasteiger partial charge >= 0.3 is 0 Å². The number of hydrogen-bond acceptors (Lipinski definition) is 3. The summed E-state index contributed by atoms with van der Waals surface area (Å²) in [6.07, 6.45) is -1.30. The Hall–Kier alpha value is -0.260. The van der Waals surface area contributed by atoms with Crippen molar-refractivity contribution in [1.82, 2.24) is 0 Å². The molecule has 0 aromatic heterocycles. The molecule has 1 heterocycles. The van der Waals surface area contributed by atoms with E-state index in [2.05, 4.69) is 6.92 Å². The van der Waals surface area contributed by atoms with Gasteiger partial charge in [0.15, 0.2) is 12.3 Å². The predicted octanol–water partition coefficient (Wildman–Crippen LogP) is 1.24. The first-order valence-corrected chi connectivity index (χ1v) is 5.31. The molecule has 0 aliphatic carbocycles. The number of rotatable bonds is 8. The minimum atomic E-state index is -1.85. The van der Waals surface area contributed by atoms with E-state index in [1.54, 1.807) is 0 Å². The second-order valence-electron chi connectivity index (χ2n) is 3.75. The van der Waals surface area contributed by atoms with Crippen LogP contribution in [0.5, 0.6) is 0 Å². The van der Waals surface area contributed by atoms with Crippen molar-refractivity contribution in [1.29, 1.82) is 0 Å². The smallest absolute Gasteiger partial charge is 0.157 e. The molecule has 0 aromatic rings. The summed E-state index contributed by atoms with van der Waals surface area (Å²) in [5.74, 6) is 0. The molecule has 90 valence electrons. The second-order valence-corrected chi connectivity index (χ2v) is 3.75. The molecule has 2 unspecified atom stereocenters. The summed E-state index contributed by atoms with van der Waals surface area (Å²) < 4.78 is 35.5. The van der Waals surface area contributed by atoms with E-state index < -0.39 is 19.0 Å². The zero-order valence-electron chi connectivity index (χ0n) is 8.86. The SMILES string of the molecule is CCC[C@@H]1O[C@H]1COCC(F)C(F)CO. The number of epoxide rings is 1. The first-order valence-electron chi connectivity index (χ1n) is 5.31. The van der Waals surface area contributed by atoms with E-state index in [9.17, 15) is 8.78 Å². The maximum Gasteiger partial charge on any atom is 0.157 e. The molecule has 15 heavy (non-hydrogen) atoms. The van der Waals surface area contributed by atoms with E-state index in [0.29, 0.717) is 6.61 Å². The molecule has 1 aliphatic rings. The lowest BCUT2D eigenvalue weighted by molar-refractivity contribution is 0.0172. The third-order valence-electron chi connectivity index (χ3n) is 2.39. The summed E-state index contributed by atoms with van der Waals surface area (Å²) in [5, 5.41) is 8.34. The standard InChI is InChI=1S/C10H18F2O3/c1-2-3-9-10(15-9)6-14-5-8(12)7(11)4-13/h7-10,13H,2-6H2,1H3/t7?,8?,9-,10-/m0/s1. The topological polar surface area (TPSA) is 42.0 Å². The van der Waals surface area contributed by atoms with E-state index in [1.165, 1.54) is 0 Å². The van der Waals surface area contributed by atoms with Gasteiger partial charge < -0.3 is 14.6 Å². The third-order valence-corrected chi connectivity index (χ3v) is 2.39. The van der Waals surface area contributed by atoms with Gasteiger partial charge in [-0.25, -0.2) is 8.78 Å². The second kappa shape index (κ2) is 6.35. The van der Waals surface area contributed by atoms with Gasteiger partial charge in [0.1, 0.15) is 6.10 Å². The van der Waals surface area contributed by atoms with Crippen molar-refractivity contribution in [3.8, 4) is 0 Å². The van der Waals surface area contributed by atoms with E-state index in [-0.39, 0.29) is 18.8 Å². The quantitative estimate of drug-likeness (QED) is 0.631. The molecule has 1 fully saturated rings. The molecule has 1 rings (SSSR count). The van der Waals surface area contributed by atoms with Crippen LogP contribution in [0.4, 0.5) is 8.78 Å². The van der Waals surface area contributed by atoms with Crippen molar-refractivity contribution in [3.63, 3.8) is 0 Å². The number of halogens is 2. The lowest BCUT2D eigenvalue weighted by Crippen LogP contribution is -2.26. The van der Waals surface area contributed by atoms with Crippen LogP contribution in [-0.4, -0.2) is 49.5 Å². The van der Waals surface area contributed by atoms with Gasteiger partial charge in [-0.2, -0.15) is 0 Å². The number of ether oxygens (including phenoxy) is 2. The molecule has 0 amide bonds. The van der Waals surface area contributed by atoms with Crippen molar-refractivity contribution >= 4 is 0 Å². The fraction of sp³-hybridized carbons (Fsp3) is 1.00. The van der Waals surface area contributed by atoms with Crippen LogP contribution in [0.3, 0.4) is 0 Å². The molecule has 1 saturated heterocycles. The van der Waals surface area contributed by atoms with Crippen molar-refractivity contribution < 1.29 is 23.4 Å². The van der Waals surface area contributed by atoms with Crippen LogP contribution in [0.2, 0.25) is 0 Å². The Morgan fingerprint density at radius 3 is 2.67 bits per heavy atom. The fourth-order valence-corrected chi connectivity index (χ4v) is 1.38. The van der Waals surface area contributed by atoms with Gasteiger partial charge in [-0.05, 0) is 6.42 Å². The summed E-state index contributed by atoms with van der Waals surface area (Å²) in [5.41, 5.74) is 0. The Bertz CT molecular complexity index is 180. The van der Waals surface area contributed by atoms with Gasteiger partial charge in [0, 0.05) is 0 Å². The molecule has 3 nitrogen and oxygen atoms in total. The zero-order valence-corrected chi connectivity index (χ0v) is 8.86. The average Bonchev–Trinajstić information content (AvgIpc) is 2.96. The van der Waals surface area contributed by atoms with Crippen LogP contribution in [0.25, 0.3) is 0 Å². The summed E-state index contributed by atoms with van der Waals surface area (Å²) in [6.45, 7) is 1.25. The Morgan fingerprint density at radius 1 is 1.33 bits per heavy atom. The lowest BCUT2D eigenvalue weighted by atomic mass is 10.2. The molecule has 4 atom stereocenters. The Labute approximate surface area is 88.4 Å². The van der Waals surface area contributed by atoms with Gasteiger partial charge in [-0.15, -0.1) is 0 Å². The molecule has 1 N–H and O–H groups in total. The van der Waals surface area contributed by atoms with Gasteiger partial charge in [0.05, 0.1) is 25.9 Å². The maximum atomic E-state index is 12.8. The van der Waals surface area contributed by atoms with Gasteiger partial charge in [0.2, 0.25) is 0 Å². The monoisotopic (exact) mass is 224 g/mol. The normalized spacial score (nSPS) is 28.8. The molecule has 0 saturated carbocycles. The zero-order chi connectivity index (χ0) is 11.3. The molecular formula is C10H18F2O3. The van der Waals surface area contributed by atoms with Crippen LogP contribution < -0.4 is 0 Å². The van der Waals surface area contributed by atoms with Crippen molar-refractivity contribution in [2.75, 3.05) is 19.8 Å². The third kappa shape index (κ3) is 4.40. The predicted molar refractivity (Wildman–Crippen MR) is 51.3 cm³/mol. The highest BCUT2D eigenvalue weighted by atomic mass is 19.2. The van der Waals surface area contributed by atoms with Crippen LogP contribution in [0.15, 0.2) is 0 Å². The van der Waals surface area contributed by atoms with Crippen LogP contribution >= 0.6 is 0 Å². The summed E-state index contributed by atoms with van der Waals surface area (Å²) in [7, 11) is 0.